The zero-order valence-electron chi connectivity index (χ0n) is 8.37. The Morgan fingerprint density at radius 1 is 1.47 bits per heavy atom. The third-order valence-corrected chi connectivity index (χ3v) is 1.97. The second kappa shape index (κ2) is 5.44. The molecule has 15 heavy (non-hydrogen) atoms. The van der Waals surface area contributed by atoms with Gasteiger partial charge in [0, 0.05) is 6.42 Å². The van der Waals surface area contributed by atoms with Crippen LogP contribution in [0.15, 0.2) is 18.2 Å². The minimum atomic E-state index is -2.83. The molecule has 1 rings (SSSR count). The lowest BCUT2D eigenvalue weighted by atomic mass is 10.1. The molecule has 0 unspecified atom stereocenters. The summed E-state index contributed by atoms with van der Waals surface area (Å²) in [5, 5.41) is 0. The van der Waals surface area contributed by atoms with Crippen LogP contribution in [0.1, 0.15) is 17.5 Å². The van der Waals surface area contributed by atoms with Gasteiger partial charge in [-0.15, -0.1) is 0 Å². The van der Waals surface area contributed by atoms with Gasteiger partial charge in [-0.2, -0.15) is 8.78 Å². The van der Waals surface area contributed by atoms with E-state index in [4.69, 9.17) is 0 Å². The van der Waals surface area contributed by atoms with Crippen molar-refractivity contribution in [3.8, 4) is 5.75 Å². The number of aryl methyl sites for hydroxylation is 2. The van der Waals surface area contributed by atoms with Crippen molar-refractivity contribution in [3.05, 3.63) is 29.3 Å². The Hall–Kier alpha value is -1.45. The van der Waals surface area contributed by atoms with E-state index in [-0.39, 0.29) is 5.75 Å². The zero-order chi connectivity index (χ0) is 11.3. The van der Waals surface area contributed by atoms with Crippen molar-refractivity contribution in [2.45, 2.75) is 26.4 Å². The Bertz CT molecular complexity index is 337. The van der Waals surface area contributed by atoms with Gasteiger partial charge in [0.2, 0.25) is 0 Å². The molecule has 2 nitrogen and oxygen atoms in total. The van der Waals surface area contributed by atoms with E-state index in [1.54, 1.807) is 25.1 Å². The Balaban J connectivity index is 2.86. The molecule has 0 saturated carbocycles. The van der Waals surface area contributed by atoms with Gasteiger partial charge in [-0.1, -0.05) is 12.1 Å². The number of ether oxygens (including phenoxy) is 1. The van der Waals surface area contributed by atoms with E-state index in [1.165, 1.54) is 0 Å². The lowest BCUT2D eigenvalue weighted by Crippen LogP contribution is -2.05. The first-order valence-electron chi connectivity index (χ1n) is 4.61. The molecule has 0 aliphatic rings. The predicted molar refractivity (Wildman–Crippen MR) is 52.2 cm³/mol. The first-order chi connectivity index (χ1) is 7.13. The predicted octanol–water partition coefficient (Wildman–Crippen LogP) is 2.73. The molecule has 0 aliphatic heterocycles. The number of halogens is 2. The van der Waals surface area contributed by atoms with Gasteiger partial charge in [0.1, 0.15) is 12.0 Å². The van der Waals surface area contributed by atoms with E-state index in [0.717, 1.165) is 11.8 Å². The zero-order valence-corrected chi connectivity index (χ0v) is 8.37. The summed E-state index contributed by atoms with van der Waals surface area (Å²) < 4.78 is 28.5. The monoisotopic (exact) mass is 214 g/mol. The third kappa shape index (κ3) is 3.65. The molecule has 0 heterocycles. The van der Waals surface area contributed by atoms with E-state index in [0.29, 0.717) is 18.4 Å². The average molecular weight is 214 g/mol. The number of carbonyl (C=O) groups is 1. The second-order valence-corrected chi connectivity index (χ2v) is 3.20. The van der Waals surface area contributed by atoms with E-state index < -0.39 is 6.61 Å². The molecule has 82 valence electrons. The highest BCUT2D eigenvalue weighted by molar-refractivity contribution is 5.51. The number of benzene rings is 1. The standard InChI is InChI=1S/C11H12F2O2/c1-8-4-5-9(3-2-6-14)10(7-8)15-11(12)13/h4-7,11H,2-3H2,1H3. The molecular formula is C11H12F2O2. The third-order valence-electron chi connectivity index (χ3n) is 1.97. The maximum atomic E-state index is 12.1. The highest BCUT2D eigenvalue weighted by Crippen LogP contribution is 2.23. The molecule has 0 fully saturated rings. The topological polar surface area (TPSA) is 26.3 Å². The Morgan fingerprint density at radius 3 is 2.80 bits per heavy atom. The summed E-state index contributed by atoms with van der Waals surface area (Å²) in [5.41, 5.74) is 1.48. The number of carbonyl (C=O) groups excluding carboxylic acids is 1. The van der Waals surface area contributed by atoms with Crippen molar-refractivity contribution in [1.29, 1.82) is 0 Å². The largest absolute Gasteiger partial charge is 0.435 e. The Kier molecular flexibility index (Phi) is 4.21. The van der Waals surface area contributed by atoms with Crippen LogP contribution >= 0.6 is 0 Å². The second-order valence-electron chi connectivity index (χ2n) is 3.20. The first kappa shape index (κ1) is 11.6. The SMILES string of the molecule is Cc1ccc(CCC=O)c(OC(F)F)c1. The van der Waals surface area contributed by atoms with Gasteiger partial charge in [-0.05, 0) is 30.5 Å². The van der Waals surface area contributed by atoms with Crippen LogP contribution in [0.2, 0.25) is 0 Å². The molecule has 4 heteroatoms. The molecule has 0 bridgehead atoms. The fourth-order valence-corrected chi connectivity index (χ4v) is 1.29. The smallest absolute Gasteiger partial charge is 0.387 e. The number of hydrogen-bond donors (Lipinski definition) is 0. The van der Waals surface area contributed by atoms with E-state index in [1.807, 2.05) is 0 Å². The fourth-order valence-electron chi connectivity index (χ4n) is 1.29. The molecule has 0 spiro atoms. The molecule has 0 atom stereocenters. The number of rotatable bonds is 5. The van der Waals surface area contributed by atoms with Gasteiger partial charge >= 0.3 is 6.61 Å². The van der Waals surface area contributed by atoms with Gasteiger partial charge in [0.15, 0.2) is 0 Å². The van der Waals surface area contributed by atoms with Crippen molar-refractivity contribution >= 4 is 6.29 Å². The Morgan fingerprint density at radius 2 is 2.20 bits per heavy atom. The molecule has 1 aromatic carbocycles. The van der Waals surface area contributed by atoms with Gasteiger partial charge in [0.25, 0.3) is 0 Å². The van der Waals surface area contributed by atoms with Crippen LogP contribution in [-0.4, -0.2) is 12.9 Å². The van der Waals surface area contributed by atoms with Crippen molar-refractivity contribution in [1.82, 2.24) is 0 Å². The van der Waals surface area contributed by atoms with Crippen molar-refractivity contribution in [2.24, 2.45) is 0 Å². The summed E-state index contributed by atoms with van der Waals surface area (Å²) in [4.78, 5) is 10.2. The summed E-state index contributed by atoms with van der Waals surface area (Å²) in [6.45, 7) is -1.04. The highest BCUT2D eigenvalue weighted by atomic mass is 19.3. The van der Waals surface area contributed by atoms with Crippen molar-refractivity contribution < 1.29 is 18.3 Å². The van der Waals surface area contributed by atoms with Crippen molar-refractivity contribution in [2.75, 3.05) is 0 Å². The summed E-state index contributed by atoms with van der Waals surface area (Å²) in [7, 11) is 0. The van der Waals surface area contributed by atoms with Gasteiger partial charge < -0.3 is 9.53 Å². The summed E-state index contributed by atoms with van der Waals surface area (Å²) in [6.07, 6.45) is 1.49. The van der Waals surface area contributed by atoms with Gasteiger partial charge in [-0.25, -0.2) is 0 Å². The molecule has 0 aliphatic carbocycles. The summed E-state index contributed by atoms with van der Waals surface area (Å²) in [6, 6.07) is 5.06. The first-order valence-corrected chi connectivity index (χ1v) is 4.61. The van der Waals surface area contributed by atoms with Crippen LogP contribution in [0, 0.1) is 6.92 Å². The minimum Gasteiger partial charge on any atom is -0.435 e. The molecule has 0 amide bonds. The molecular weight excluding hydrogens is 202 g/mol. The van der Waals surface area contributed by atoms with Crippen LogP contribution in [0.5, 0.6) is 5.75 Å². The molecule has 0 aromatic heterocycles. The van der Waals surface area contributed by atoms with Crippen LogP contribution in [0.3, 0.4) is 0 Å². The molecule has 0 N–H and O–H groups in total. The van der Waals surface area contributed by atoms with Crippen LogP contribution in [0.4, 0.5) is 8.78 Å². The van der Waals surface area contributed by atoms with Crippen LogP contribution in [-0.2, 0) is 11.2 Å². The van der Waals surface area contributed by atoms with Crippen LogP contribution < -0.4 is 4.74 Å². The number of hydrogen-bond acceptors (Lipinski definition) is 2. The average Bonchev–Trinajstić information content (AvgIpc) is 2.16. The molecule has 0 radical (unpaired) electrons. The fraction of sp³-hybridized carbons (Fsp3) is 0.364. The quantitative estimate of drug-likeness (QED) is 0.704. The lowest BCUT2D eigenvalue weighted by molar-refractivity contribution is -0.107. The summed E-state index contributed by atoms with van der Waals surface area (Å²) in [5.74, 6) is 0.159. The normalized spacial score (nSPS) is 10.4. The van der Waals surface area contributed by atoms with E-state index >= 15 is 0 Å². The molecule has 0 saturated heterocycles. The van der Waals surface area contributed by atoms with E-state index in [2.05, 4.69) is 4.74 Å². The Labute approximate surface area is 86.9 Å². The number of alkyl halides is 2. The lowest BCUT2D eigenvalue weighted by Gasteiger charge is -2.10. The van der Waals surface area contributed by atoms with E-state index in [9.17, 15) is 13.6 Å². The van der Waals surface area contributed by atoms with Crippen molar-refractivity contribution in [3.63, 3.8) is 0 Å². The molecule has 1 aromatic rings. The maximum Gasteiger partial charge on any atom is 0.387 e. The summed E-state index contributed by atoms with van der Waals surface area (Å²) >= 11 is 0. The highest BCUT2D eigenvalue weighted by Gasteiger charge is 2.09. The van der Waals surface area contributed by atoms with Crippen LogP contribution in [0.25, 0.3) is 0 Å². The van der Waals surface area contributed by atoms with Gasteiger partial charge in [-0.3, -0.25) is 0 Å². The number of aldehydes is 1. The maximum absolute atomic E-state index is 12.1. The minimum absolute atomic E-state index is 0.159. The van der Waals surface area contributed by atoms with Gasteiger partial charge in [0.05, 0.1) is 0 Å².